The zero-order chi connectivity index (χ0) is 14.9. The Hall–Kier alpha value is -1.77. The van der Waals surface area contributed by atoms with Crippen LogP contribution in [0.1, 0.15) is 28.9 Å². The molecule has 7 heteroatoms. The van der Waals surface area contributed by atoms with Gasteiger partial charge >= 0.3 is 5.97 Å². The molecule has 20 heavy (non-hydrogen) atoms. The normalized spacial score (nSPS) is 16.8. The van der Waals surface area contributed by atoms with Gasteiger partial charge in [-0.2, -0.15) is 5.26 Å². The van der Waals surface area contributed by atoms with Crippen LogP contribution in [0.5, 0.6) is 0 Å². The summed E-state index contributed by atoms with van der Waals surface area (Å²) in [5.74, 6) is -1.04. The standard InChI is InChI=1S/C13H10Cl2N2O3/c1-2-20-11(18)6-17-10(5-16)8-3-7(14)4-9(15)12(8)13(17)19/h3-4,10H,2,6H2,1H3. The minimum Gasteiger partial charge on any atom is -0.465 e. The van der Waals surface area contributed by atoms with Crippen LogP contribution in [0.4, 0.5) is 0 Å². The number of nitriles is 1. The first-order valence-corrected chi connectivity index (χ1v) is 6.60. The Kier molecular flexibility index (Phi) is 4.17. The third-order valence-corrected chi connectivity index (χ3v) is 3.41. The van der Waals surface area contributed by atoms with Crippen LogP contribution in [-0.4, -0.2) is 29.9 Å². The molecule has 104 valence electrons. The van der Waals surface area contributed by atoms with Crippen molar-refractivity contribution in [1.29, 1.82) is 5.26 Å². The fraction of sp³-hybridized carbons (Fsp3) is 0.308. The zero-order valence-electron chi connectivity index (χ0n) is 10.5. The molecule has 1 amide bonds. The summed E-state index contributed by atoms with van der Waals surface area (Å²) in [6.45, 7) is 1.57. The van der Waals surface area contributed by atoms with E-state index in [1.54, 1.807) is 6.92 Å². The van der Waals surface area contributed by atoms with Crippen LogP contribution >= 0.6 is 23.2 Å². The van der Waals surface area contributed by atoms with Crippen LogP contribution in [0, 0.1) is 11.3 Å². The van der Waals surface area contributed by atoms with E-state index in [1.807, 2.05) is 6.07 Å². The van der Waals surface area contributed by atoms with E-state index in [2.05, 4.69) is 0 Å². The Morgan fingerprint density at radius 3 is 2.80 bits per heavy atom. The maximum absolute atomic E-state index is 12.3. The number of esters is 1. The van der Waals surface area contributed by atoms with Gasteiger partial charge < -0.3 is 9.64 Å². The molecule has 0 radical (unpaired) electrons. The van der Waals surface area contributed by atoms with Gasteiger partial charge in [-0.1, -0.05) is 23.2 Å². The lowest BCUT2D eigenvalue weighted by Crippen LogP contribution is -2.33. The Bertz CT molecular complexity index is 625. The number of ether oxygens (including phenoxy) is 1. The molecule has 1 aromatic carbocycles. The van der Waals surface area contributed by atoms with E-state index in [4.69, 9.17) is 27.9 Å². The summed E-state index contributed by atoms with van der Waals surface area (Å²) in [5.41, 5.74) is 0.631. The topological polar surface area (TPSA) is 70.4 Å². The van der Waals surface area contributed by atoms with Gasteiger partial charge in [0, 0.05) is 10.6 Å². The second-order valence-corrected chi connectivity index (χ2v) is 4.97. The number of carbonyl (C=O) groups excluding carboxylic acids is 2. The van der Waals surface area contributed by atoms with Gasteiger partial charge in [0.2, 0.25) is 0 Å². The molecule has 0 aromatic heterocycles. The third kappa shape index (κ3) is 2.45. The van der Waals surface area contributed by atoms with Crippen molar-refractivity contribution < 1.29 is 14.3 Å². The van der Waals surface area contributed by atoms with E-state index in [9.17, 15) is 14.9 Å². The summed E-state index contributed by atoms with van der Waals surface area (Å²) in [6.07, 6.45) is 0. The smallest absolute Gasteiger partial charge is 0.325 e. The molecule has 1 heterocycles. The van der Waals surface area contributed by atoms with Crippen molar-refractivity contribution in [2.75, 3.05) is 13.2 Å². The lowest BCUT2D eigenvalue weighted by molar-refractivity contribution is -0.144. The molecule has 0 saturated heterocycles. The number of fused-ring (bicyclic) bond motifs is 1. The number of benzene rings is 1. The minimum atomic E-state index is -0.891. The summed E-state index contributed by atoms with van der Waals surface area (Å²) in [4.78, 5) is 24.9. The number of hydrogen-bond donors (Lipinski definition) is 0. The summed E-state index contributed by atoms with van der Waals surface area (Å²) in [5, 5.41) is 9.75. The van der Waals surface area contributed by atoms with Crippen LogP contribution in [0.25, 0.3) is 0 Å². The van der Waals surface area contributed by atoms with Gasteiger partial charge in [0.15, 0.2) is 0 Å². The Morgan fingerprint density at radius 1 is 1.50 bits per heavy atom. The van der Waals surface area contributed by atoms with Gasteiger partial charge in [-0.15, -0.1) is 0 Å². The predicted octanol–water partition coefficient (Wildman–Crippen LogP) is 2.58. The number of amides is 1. The van der Waals surface area contributed by atoms with Crippen molar-refractivity contribution in [3.8, 4) is 6.07 Å². The number of hydrogen-bond acceptors (Lipinski definition) is 4. The maximum Gasteiger partial charge on any atom is 0.325 e. The highest BCUT2D eigenvalue weighted by molar-refractivity contribution is 6.37. The third-order valence-electron chi connectivity index (χ3n) is 2.89. The van der Waals surface area contributed by atoms with Crippen LogP contribution in [-0.2, 0) is 9.53 Å². The van der Waals surface area contributed by atoms with E-state index >= 15 is 0 Å². The molecular formula is C13H10Cl2N2O3. The van der Waals surface area contributed by atoms with E-state index < -0.39 is 17.9 Å². The molecule has 1 atom stereocenters. The monoisotopic (exact) mass is 312 g/mol. The molecule has 0 bridgehead atoms. The Balaban J connectivity index is 2.40. The first-order chi connectivity index (χ1) is 9.49. The molecule has 1 aliphatic heterocycles. The SMILES string of the molecule is CCOC(=O)CN1C(=O)c2c(Cl)cc(Cl)cc2C1C#N. The van der Waals surface area contributed by atoms with Crippen LogP contribution < -0.4 is 0 Å². The largest absolute Gasteiger partial charge is 0.465 e. The second-order valence-electron chi connectivity index (χ2n) is 4.12. The number of rotatable bonds is 3. The molecule has 1 aliphatic rings. The average molecular weight is 313 g/mol. The number of nitrogens with zero attached hydrogens (tertiary/aromatic N) is 2. The summed E-state index contributed by atoms with van der Waals surface area (Å²) < 4.78 is 4.80. The second kappa shape index (κ2) is 5.70. The van der Waals surface area contributed by atoms with Crippen molar-refractivity contribution in [3.05, 3.63) is 33.3 Å². The van der Waals surface area contributed by atoms with E-state index in [-0.39, 0.29) is 23.7 Å². The van der Waals surface area contributed by atoms with E-state index in [0.717, 1.165) is 4.90 Å². The van der Waals surface area contributed by atoms with Gasteiger partial charge in [-0.3, -0.25) is 9.59 Å². The fourth-order valence-corrected chi connectivity index (χ4v) is 2.70. The van der Waals surface area contributed by atoms with Gasteiger partial charge in [-0.05, 0) is 19.1 Å². The van der Waals surface area contributed by atoms with Gasteiger partial charge in [0.1, 0.15) is 12.6 Å². The lowest BCUT2D eigenvalue weighted by Gasteiger charge is -2.18. The number of carbonyl (C=O) groups is 2. The Labute approximate surface area is 125 Å². The molecular weight excluding hydrogens is 303 g/mol. The van der Waals surface area contributed by atoms with Gasteiger partial charge in [0.25, 0.3) is 5.91 Å². The molecule has 1 aromatic rings. The molecule has 0 N–H and O–H groups in total. The van der Waals surface area contributed by atoms with Crippen LogP contribution in [0.3, 0.4) is 0 Å². The molecule has 0 spiro atoms. The fourth-order valence-electron chi connectivity index (χ4n) is 2.11. The predicted molar refractivity (Wildman–Crippen MR) is 72.5 cm³/mol. The van der Waals surface area contributed by atoms with Gasteiger partial charge in [-0.25, -0.2) is 0 Å². The first kappa shape index (κ1) is 14.6. The lowest BCUT2D eigenvalue weighted by atomic mass is 10.1. The first-order valence-electron chi connectivity index (χ1n) is 5.84. The Morgan fingerprint density at radius 2 is 2.20 bits per heavy atom. The molecule has 1 unspecified atom stereocenters. The summed E-state index contributed by atoms with van der Waals surface area (Å²) in [6, 6.07) is 4.04. The highest BCUT2D eigenvalue weighted by Crippen LogP contribution is 2.38. The molecule has 0 aliphatic carbocycles. The quantitative estimate of drug-likeness (QED) is 0.804. The van der Waals surface area contributed by atoms with Crippen LogP contribution in [0.15, 0.2) is 12.1 Å². The zero-order valence-corrected chi connectivity index (χ0v) is 12.0. The highest BCUT2D eigenvalue weighted by Gasteiger charge is 2.40. The minimum absolute atomic E-state index is 0.170. The van der Waals surface area contributed by atoms with Gasteiger partial charge in [0.05, 0.1) is 23.3 Å². The number of halogens is 2. The summed E-state index contributed by atoms with van der Waals surface area (Å²) >= 11 is 11.9. The van der Waals surface area contributed by atoms with Crippen molar-refractivity contribution >= 4 is 35.1 Å². The molecule has 0 saturated carbocycles. The van der Waals surface area contributed by atoms with Crippen molar-refractivity contribution in [3.63, 3.8) is 0 Å². The molecule has 0 fully saturated rings. The molecule has 2 rings (SSSR count). The van der Waals surface area contributed by atoms with Crippen molar-refractivity contribution in [2.24, 2.45) is 0 Å². The van der Waals surface area contributed by atoms with Crippen LogP contribution in [0.2, 0.25) is 10.0 Å². The average Bonchev–Trinajstić information content (AvgIpc) is 2.62. The maximum atomic E-state index is 12.3. The highest BCUT2D eigenvalue weighted by atomic mass is 35.5. The van der Waals surface area contributed by atoms with E-state index in [1.165, 1.54) is 12.1 Å². The van der Waals surface area contributed by atoms with Crippen molar-refractivity contribution in [2.45, 2.75) is 13.0 Å². The van der Waals surface area contributed by atoms with Crippen molar-refractivity contribution in [1.82, 2.24) is 4.90 Å². The summed E-state index contributed by atoms with van der Waals surface area (Å²) in [7, 11) is 0. The van der Waals surface area contributed by atoms with E-state index in [0.29, 0.717) is 10.6 Å². The molecule has 5 nitrogen and oxygen atoms in total.